The quantitative estimate of drug-likeness (QED) is 0.802. The number of likely N-dealkylation sites (tertiary alicyclic amines) is 2. The third-order valence-electron chi connectivity index (χ3n) is 4.61. The van der Waals surface area contributed by atoms with Gasteiger partial charge in [-0.1, -0.05) is 27.7 Å². The van der Waals surface area contributed by atoms with Gasteiger partial charge < -0.3 is 9.80 Å². The lowest BCUT2D eigenvalue weighted by Gasteiger charge is -2.28. The molecule has 0 saturated carbocycles. The number of hydrogen-bond donors (Lipinski definition) is 0. The van der Waals surface area contributed by atoms with E-state index in [1.165, 1.54) is 32.1 Å². The average Bonchev–Trinajstić information content (AvgIpc) is 3.08. The zero-order chi connectivity index (χ0) is 16.5. The van der Waals surface area contributed by atoms with Crippen LogP contribution in [0.2, 0.25) is 0 Å². The van der Waals surface area contributed by atoms with Crippen molar-refractivity contribution in [2.24, 2.45) is 11.8 Å². The molecule has 0 aromatic carbocycles. The molecule has 2 saturated heterocycles. The third-order valence-corrected chi connectivity index (χ3v) is 4.61. The lowest BCUT2D eigenvalue weighted by atomic mass is 10.1. The van der Waals surface area contributed by atoms with Crippen LogP contribution in [0.3, 0.4) is 0 Å². The molecule has 2 amide bonds. The van der Waals surface area contributed by atoms with Crippen molar-refractivity contribution in [2.45, 2.75) is 66.2 Å². The molecular formula is C18H34N2O2. The minimum absolute atomic E-state index is 0.174. The van der Waals surface area contributed by atoms with Gasteiger partial charge in [-0.05, 0) is 38.5 Å². The molecule has 0 aromatic heterocycles. The standard InChI is InChI=1S/2C9H17NO/c1-8(2)9(11)10-6-4-3-5-7-10;1-3-8(2)9(11)10-6-4-5-7-10/h2*8H,3-7H2,1-2H3. The summed E-state index contributed by atoms with van der Waals surface area (Å²) in [5, 5.41) is 0. The highest BCUT2D eigenvalue weighted by Gasteiger charge is 2.21. The lowest BCUT2D eigenvalue weighted by molar-refractivity contribution is -0.135. The summed E-state index contributed by atoms with van der Waals surface area (Å²) in [6, 6.07) is 0. The van der Waals surface area contributed by atoms with E-state index in [9.17, 15) is 9.59 Å². The van der Waals surface area contributed by atoms with E-state index in [1.54, 1.807) is 0 Å². The molecule has 0 bridgehead atoms. The van der Waals surface area contributed by atoms with E-state index in [0.717, 1.165) is 32.6 Å². The Balaban J connectivity index is 0.000000220. The Morgan fingerprint density at radius 2 is 1.18 bits per heavy atom. The van der Waals surface area contributed by atoms with Crippen molar-refractivity contribution < 1.29 is 9.59 Å². The van der Waals surface area contributed by atoms with Gasteiger partial charge in [0.05, 0.1) is 0 Å². The summed E-state index contributed by atoms with van der Waals surface area (Å²) >= 11 is 0. The van der Waals surface area contributed by atoms with E-state index in [0.29, 0.717) is 11.8 Å². The van der Waals surface area contributed by atoms with Crippen LogP contribution in [0.15, 0.2) is 0 Å². The fourth-order valence-corrected chi connectivity index (χ4v) is 2.90. The Morgan fingerprint density at radius 1 is 0.773 bits per heavy atom. The largest absolute Gasteiger partial charge is 0.342 e. The zero-order valence-electron chi connectivity index (χ0n) is 14.9. The van der Waals surface area contributed by atoms with Gasteiger partial charge in [0.2, 0.25) is 11.8 Å². The maximum atomic E-state index is 11.5. The molecule has 0 spiro atoms. The molecule has 2 aliphatic rings. The molecule has 2 heterocycles. The van der Waals surface area contributed by atoms with Gasteiger partial charge in [-0.25, -0.2) is 0 Å². The Kier molecular flexibility index (Phi) is 8.51. The molecule has 4 heteroatoms. The number of piperidine rings is 1. The van der Waals surface area contributed by atoms with Crippen LogP contribution in [-0.2, 0) is 9.59 Å². The normalized spacial score (nSPS) is 19.7. The van der Waals surface area contributed by atoms with E-state index in [2.05, 4.69) is 6.92 Å². The molecular weight excluding hydrogens is 276 g/mol. The van der Waals surface area contributed by atoms with E-state index >= 15 is 0 Å². The van der Waals surface area contributed by atoms with Gasteiger partial charge in [-0.15, -0.1) is 0 Å². The van der Waals surface area contributed by atoms with Crippen LogP contribution < -0.4 is 0 Å². The van der Waals surface area contributed by atoms with Crippen LogP contribution in [0.4, 0.5) is 0 Å². The molecule has 0 aromatic rings. The zero-order valence-corrected chi connectivity index (χ0v) is 14.9. The molecule has 0 aliphatic carbocycles. The minimum atomic E-state index is 0.174. The molecule has 2 fully saturated rings. The second-order valence-electron chi connectivity index (χ2n) is 6.88. The monoisotopic (exact) mass is 310 g/mol. The summed E-state index contributed by atoms with van der Waals surface area (Å²) in [5.74, 6) is 1.08. The van der Waals surface area contributed by atoms with Crippen molar-refractivity contribution >= 4 is 11.8 Å². The second kappa shape index (κ2) is 9.86. The number of carbonyl (C=O) groups excluding carboxylic acids is 2. The van der Waals surface area contributed by atoms with Gasteiger partial charge in [-0.2, -0.15) is 0 Å². The molecule has 4 nitrogen and oxygen atoms in total. The summed E-state index contributed by atoms with van der Waals surface area (Å²) in [5.41, 5.74) is 0. The average molecular weight is 310 g/mol. The van der Waals surface area contributed by atoms with Crippen LogP contribution in [0, 0.1) is 11.8 Å². The predicted molar refractivity (Wildman–Crippen MR) is 90.5 cm³/mol. The van der Waals surface area contributed by atoms with Crippen molar-refractivity contribution in [3.8, 4) is 0 Å². The fourth-order valence-electron chi connectivity index (χ4n) is 2.90. The van der Waals surface area contributed by atoms with E-state index < -0.39 is 0 Å². The Bertz CT molecular complexity index is 343. The fraction of sp³-hybridized carbons (Fsp3) is 0.889. The van der Waals surface area contributed by atoms with Gasteiger partial charge in [0, 0.05) is 38.0 Å². The van der Waals surface area contributed by atoms with Crippen LogP contribution in [0.25, 0.3) is 0 Å². The van der Waals surface area contributed by atoms with Crippen molar-refractivity contribution in [1.82, 2.24) is 9.80 Å². The van der Waals surface area contributed by atoms with E-state index in [4.69, 9.17) is 0 Å². The highest BCUT2D eigenvalue weighted by molar-refractivity contribution is 5.78. The van der Waals surface area contributed by atoms with Crippen molar-refractivity contribution in [3.05, 3.63) is 0 Å². The first-order valence-electron chi connectivity index (χ1n) is 9.05. The first-order valence-corrected chi connectivity index (χ1v) is 9.05. The molecule has 2 aliphatic heterocycles. The highest BCUT2D eigenvalue weighted by Crippen LogP contribution is 2.13. The number of carbonyl (C=O) groups is 2. The maximum Gasteiger partial charge on any atom is 0.225 e. The summed E-state index contributed by atoms with van der Waals surface area (Å²) in [7, 11) is 0. The van der Waals surface area contributed by atoms with Gasteiger partial charge in [0.25, 0.3) is 0 Å². The predicted octanol–water partition coefficient (Wildman–Crippen LogP) is 3.31. The molecule has 0 radical (unpaired) electrons. The number of hydrogen-bond acceptors (Lipinski definition) is 2. The molecule has 128 valence electrons. The topological polar surface area (TPSA) is 40.6 Å². The molecule has 1 unspecified atom stereocenters. The number of nitrogens with zero attached hydrogens (tertiary/aromatic N) is 2. The smallest absolute Gasteiger partial charge is 0.225 e. The molecule has 1 atom stereocenters. The van der Waals surface area contributed by atoms with Crippen molar-refractivity contribution in [1.29, 1.82) is 0 Å². The SMILES string of the molecule is CC(C)C(=O)N1CCCCC1.CCC(C)C(=O)N1CCCC1. The van der Waals surface area contributed by atoms with Gasteiger partial charge in [0.1, 0.15) is 0 Å². The minimum Gasteiger partial charge on any atom is -0.342 e. The van der Waals surface area contributed by atoms with Crippen LogP contribution in [-0.4, -0.2) is 47.8 Å². The summed E-state index contributed by atoms with van der Waals surface area (Å²) in [6.45, 7) is 12.0. The summed E-state index contributed by atoms with van der Waals surface area (Å²) in [4.78, 5) is 26.9. The van der Waals surface area contributed by atoms with Crippen molar-refractivity contribution in [3.63, 3.8) is 0 Å². The second-order valence-corrected chi connectivity index (χ2v) is 6.88. The lowest BCUT2D eigenvalue weighted by Crippen LogP contribution is -2.38. The first-order chi connectivity index (χ1) is 10.5. The van der Waals surface area contributed by atoms with E-state index in [1.807, 2.05) is 30.6 Å². The van der Waals surface area contributed by atoms with Gasteiger partial charge >= 0.3 is 0 Å². The van der Waals surface area contributed by atoms with Crippen LogP contribution >= 0.6 is 0 Å². The first kappa shape index (κ1) is 19.0. The van der Waals surface area contributed by atoms with Crippen LogP contribution in [0.5, 0.6) is 0 Å². The Morgan fingerprint density at radius 3 is 1.59 bits per heavy atom. The van der Waals surface area contributed by atoms with Crippen molar-refractivity contribution in [2.75, 3.05) is 26.2 Å². The molecule has 2 rings (SSSR count). The summed E-state index contributed by atoms with van der Waals surface area (Å²) < 4.78 is 0. The number of amides is 2. The van der Waals surface area contributed by atoms with Gasteiger partial charge in [-0.3, -0.25) is 9.59 Å². The molecule has 0 N–H and O–H groups in total. The van der Waals surface area contributed by atoms with E-state index in [-0.39, 0.29) is 11.8 Å². The maximum absolute atomic E-state index is 11.5. The number of rotatable bonds is 3. The third kappa shape index (κ3) is 5.98. The van der Waals surface area contributed by atoms with Crippen LogP contribution in [0.1, 0.15) is 66.2 Å². The molecule has 22 heavy (non-hydrogen) atoms. The summed E-state index contributed by atoms with van der Waals surface area (Å²) in [6.07, 6.45) is 7.04. The highest BCUT2D eigenvalue weighted by atomic mass is 16.2. The Hall–Kier alpha value is -1.06. The Labute approximate surface area is 136 Å². The van der Waals surface area contributed by atoms with Gasteiger partial charge in [0.15, 0.2) is 0 Å².